The number of fused-ring (bicyclic) bond motifs is 1. The Morgan fingerprint density at radius 3 is 2.82 bits per heavy atom. The predicted octanol–water partition coefficient (Wildman–Crippen LogP) is 0.264. The van der Waals surface area contributed by atoms with Crippen molar-refractivity contribution in [1.29, 1.82) is 0 Å². The van der Waals surface area contributed by atoms with E-state index in [0.29, 0.717) is 17.2 Å². The number of carbonyl (C=O) groups excluding carboxylic acids is 1. The molecule has 0 radical (unpaired) electrons. The number of esters is 1. The van der Waals surface area contributed by atoms with E-state index in [1.165, 1.54) is 18.7 Å². The van der Waals surface area contributed by atoms with E-state index in [9.17, 15) is 14.4 Å². The molecule has 0 amide bonds. The summed E-state index contributed by atoms with van der Waals surface area (Å²) in [5.41, 5.74) is -0.448. The molecule has 0 aliphatic heterocycles. The molecule has 0 saturated heterocycles. The first-order valence-corrected chi connectivity index (χ1v) is 7.48. The molecule has 1 N–H and O–H groups in total. The van der Waals surface area contributed by atoms with E-state index in [1.54, 1.807) is 4.57 Å². The number of rotatable bonds is 5. The number of hydrogen-bond acceptors (Lipinski definition) is 6. The lowest BCUT2D eigenvalue weighted by Crippen LogP contribution is -2.29. The number of nitrogens with one attached hydrogen (secondary N) is 1. The van der Waals surface area contributed by atoms with Crippen LogP contribution in [-0.2, 0) is 23.1 Å². The minimum atomic E-state index is -0.530. The molecule has 0 unspecified atom stereocenters. The van der Waals surface area contributed by atoms with Gasteiger partial charge in [0.2, 0.25) is 0 Å². The largest absolute Gasteiger partial charge is 0.468 e. The van der Waals surface area contributed by atoms with Gasteiger partial charge in [0, 0.05) is 13.6 Å². The fourth-order valence-corrected chi connectivity index (χ4v) is 2.72. The second-order valence-electron chi connectivity index (χ2n) is 4.43. The zero-order valence-corrected chi connectivity index (χ0v) is 13.3. The maximum atomic E-state index is 12.1. The van der Waals surface area contributed by atoms with Crippen molar-refractivity contribution < 1.29 is 9.53 Å². The van der Waals surface area contributed by atoms with Crippen molar-refractivity contribution in [2.24, 2.45) is 7.05 Å². The Bertz CT molecular complexity index is 846. The van der Waals surface area contributed by atoms with Crippen molar-refractivity contribution in [3.8, 4) is 0 Å². The number of carbonyl (C=O) groups is 1. The van der Waals surface area contributed by atoms with E-state index in [-0.39, 0.29) is 11.4 Å². The Balaban J connectivity index is 2.61. The molecule has 2 heterocycles. The number of aromatic nitrogens is 4. The molecule has 0 aliphatic rings. The number of hydrogen-bond donors (Lipinski definition) is 1. The molecule has 118 valence electrons. The number of imidazole rings is 1. The second kappa shape index (κ2) is 6.65. The number of thioether (sulfide) groups is 1. The lowest BCUT2D eigenvalue weighted by molar-refractivity contribution is -0.137. The summed E-state index contributed by atoms with van der Waals surface area (Å²) in [6, 6.07) is 0. The highest BCUT2D eigenvalue weighted by Crippen LogP contribution is 2.21. The molecule has 2 aromatic rings. The first kappa shape index (κ1) is 16.1. The average molecular weight is 324 g/mol. The van der Waals surface area contributed by atoms with E-state index in [4.69, 9.17) is 0 Å². The molecule has 0 atom stereocenters. The molecule has 2 aromatic heterocycles. The van der Waals surface area contributed by atoms with Gasteiger partial charge in [0.1, 0.15) is 0 Å². The molecular formula is C13H16N4O4S. The lowest BCUT2D eigenvalue weighted by atomic mass is 10.4. The molecule has 0 fully saturated rings. The van der Waals surface area contributed by atoms with Gasteiger partial charge in [-0.15, -0.1) is 0 Å². The molecule has 0 aromatic carbocycles. The van der Waals surface area contributed by atoms with Crippen LogP contribution in [0.25, 0.3) is 11.2 Å². The molecular weight excluding hydrogens is 308 g/mol. The summed E-state index contributed by atoms with van der Waals surface area (Å²) in [5.74, 6) is -0.320. The van der Waals surface area contributed by atoms with Crippen LogP contribution < -0.4 is 11.2 Å². The van der Waals surface area contributed by atoms with Crippen LogP contribution in [0.2, 0.25) is 0 Å². The number of nitrogens with zero attached hydrogens (tertiary/aromatic N) is 3. The summed E-state index contributed by atoms with van der Waals surface area (Å²) >= 11 is 1.15. The normalized spacial score (nSPS) is 11.4. The Morgan fingerprint density at radius 2 is 2.18 bits per heavy atom. The van der Waals surface area contributed by atoms with Crippen LogP contribution in [0.4, 0.5) is 0 Å². The zero-order chi connectivity index (χ0) is 16.3. The first-order chi connectivity index (χ1) is 10.5. The van der Waals surface area contributed by atoms with Gasteiger partial charge in [0.15, 0.2) is 16.3 Å². The monoisotopic (exact) mass is 324 g/mol. The van der Waals surface area contributed by atoms with Crippen LogP contribution in [0.3, 0.4) is 0 Å². The molecule has 2 rings (SSSR count). The number of H-pyrrole nitrogens is 1. The standard InChI is InChI=1S/C13H16N4O4S/c1-4-5-6-17-9-10(16(2)12(20)15-11(9)19)14-13(17)22-7-8(18)21-3/h4-5H,6-7H2,1-3H3,(H,15,19,20)/b5-4+. The van der Waals surface area contributed by atoms with Crippen LogP contribution >= 0.6 is 11.8 Å². The van der Waals surface area contributed by atoms with Crippen molar-refractivity contribution >= 4 is 28.9 Å². The van der Waals surface area contributed by atoms with Crippen molar-refractivity contribution in [2.75, 3.05) is 12.9 Å². The summed E-state index contributed by atoms with van der Waals surface area (Å²) in [6.45, 7) is 2.28. The highest BCUT2D eigenvalue weighted by Gasteiger charge is 2.17. The van der Waals surface area contributed by atoms with E-state index in [0.717, 1.165) is 11.8 Å². The van der Waals surface area contributed by atoms with Crippen LogP contribution in [0, 0.1) is 0 Å². The lowest BCUT2D eigenvalue weighted by Gasteiger charge is -2.05. The maximum Gasteiger partial charge on any atom is 0.329 e. The third kappa shape index (κ3) is 2.98. The molecule has 0 spiro atoms. The van der Waals surface area contributed by atoms with E-state index < -0.39 is 17.2 Å². The van der Waals surface area contributed by atoms with Crippen molar-refractivity contribution in [3.05, 3.63) is 33.0 Å². The SMILES string of the molecule is C/C=C/Cn1c(SCC(=O)OC)nc2c1c(=O)[nH]c(=O)n2C. The Kier molecular flexibility index (Phi) is 4.86. The minimum Gasteiger partial charge on any atom is -0.468 e. The quantitative estimate of drug-likeness (QED) is 0.481. The number of methoxy groups -OCH3 is 1. The van der Waals surface area contributed by atoms with Crippen LogP contribution in [-0.4, -0.2) is 37.9 Å². The van der Waals surface area contributed by atoms with Crippen LogP contribution in [0.15, 0.2) is 26.9 Å². The maximum absolute atomic E-state index is 12.1. The Labute approximate surface area is 129 Å². The van der Waals surface area contributed by atoms with Gasteiger partial charge >= 0.3 is 11.7 Å². The average Bonchev–Trinajstić information content (AvgIpc) is 2.87. The van der Waals surface area contributed by atoms with Crippen molar-refractivity contribution in [3.63, 3.8) is 0 Å². The second-order valence-corrected chi connectivity index (χ2v) is 5.37. The summed E-state index contributed by atoms with van der Waals surface area (Å²) in [4.78, 5) is 41.6. The molecule has 0 aliphatic carbocycles. The van der Waals surface area contributed by atoms with Crippen LogP contribution in [0.5, 0.6) is 0 Å². The Hall–Kier alpha value is -2.29. The highest BCUT2D eigenvalue weighted by molar-refractivity contribution is 7.99. The van der Waals surface area contributed by atoms with E-state index in [2.05, 4.69) is 14.7 Å². The van der Waals surface area contributed by atoms with Gasteiger partial charge < -0.3 is 9.30 Å². The summed E-state index contributed by atoms with van der Waals surface area (Å²) in [5, 5.41) is 0.477. The summed E-state index contributed by atoms with van der Waals surface area (Å²) in [7, 11) is 2.84. The topological polar surface area (TPSA) is 99.0 Å². The molecule has 0 bridgehead atoms. The number of aromatic amines is 1. The Morgan fingerprint density at radius 1 is 1.45 bits per heavy atom. The summed E-state index contributed by atoms with van der Waals surface area (Å²) in [6.07, 6.45) is 3.70. The highest BCUT2D eigenvalue weighted by atomic mass is 32.2. The van der Waals surface area contributed by atoms with Gasteiger partial charge in [0.25, 0.3) is 5.56 Å². The van der Waals surface area contributed by atoms with Gasteiger partial charge in [0.05, 0.1) is 12.9 Å². The third-order valence-corrected chi connectivity index (χ3v) is 3.99. The van der Waals surface area contributed by atoms with Gasteiger partial charge in [-0.2, -0.15) is 0 Å². The van der Waals surface area contributed by atoms with Gasteiger partial charge in [-0.3, -0.25) is 19.1 Å². The smallest absolute Gasteiger partial charge is 0.329 e. The molecule has 22 heavy (non-hydrogen) atoms. The van der Waals surface area contributed by atoms with Crippen LogP contribution in [0.1, 0.15) is 6.92 Å². The van der Waals surface area contributed by atoms with E-state index in [1.807, 2.05) is 19.1 Å². The van der Waals surface area contributed by atoms with Crippen molar-refractivity contribution in [1.82, 2.24) is 19.1 Å². The van der Waals surface area contributed by atoms with Gasteiger partial charge in [-0.05, 0) is 6.92 Å². The fourth-order valence-electron chi connectivity index (χ4n) is 1.89. The zero-order valence-electron chi connectivity index (χ0n) is 12.5. The molecule has 8 nitrogen and oxygen atoms in total. The van der Waals surface area contributed by atoms with E-state index >= 15 is 0 Å². The minimum absolute atomic E-state index is 0.0709. The van der Waals surface area contributed by atoms with Crippen molar-refractivity contribution in [2.45, 2.75) is 18.6 Å². The third-order valence-electron chi connectivity index (χ3n) is 3.04. The van der Waals surface area contributed by atoms with Gasteiger partial charge in [-0.1, -0.05) is 23.9 Å². The molecule has 0 saturated carbocycles. The summed E-state index contributed by atoms with van der Waals surface area (Å²) < 4.78 is 7.54. The number of ether oxygens (including phenoxy) is 1. The number of allylic oxidation sites excluding steroid dienone is 2. The number of aryl methyl sites for hydroxylation is 1. The fraction of sp³-hybridized carbons (Fsp3) is 0.385. The predicted molar refractivity (Wildman–Crippen MR) is 83.1 cm³/mol. The first-order valence-electron chi connectivity index (χ1n) is 6.50. The van der Waals surface area contributed by atoms with Gasteiger partial charge in [-0.25, -0.2) is 9.78 Å². The molecule has 9 heteroatoms.